The molecule has 0 aliphatic carbocycles. The third-order valence-corrected chi connectivity index (χ3v) is 6.04. The zero-order valence-corrected chi connectivity index (χ0v) is 15.9. The number of nitrogens with one attached hydrogen (secondary N) is 1. The topological polar surface area (TPSA) is 86.8 Å². The zero-order valence-electron chi connectivity index (χ0n) is 15.1. The molecule has 7 nitrogen and oxygen atoms in total. The van der Waals surface area contributed by atoms with Gasteiger partial charge in [-0.05, 0) is 43.0 Å². The van der Waals surface area contributed by atoms with E-state index < -0.39 is 40.6 Å². The summed E-state index contributed by atoms with van der Waals surface area (Å²) >= 11 is 0. The number of anilines is 1. The Balaban J connectivity index is 1.76. The molecule has 28 heavy (non-hydrogen) atoms. The zero-order chi connectivity index (χ0) is 20.7. The van der Waals surface area contributed by atoms with E-state index >= 15 is 0 Å². The molecular formula is C17H20F3N3O4S. The number of benzene rings is 1. The van der Waals surface area contributed by atoms with E-state index in [0.717, 1.165) is 6.26 Å². The van der Waals surface area contributed by atoms with Gasteiger partial charge >= 0.3 is 6.18 Å². The predicted octanol–water partition coefficient (Wildman–Crippen LogP) is 1.29. The SMILES string of the molecule is CS(=O)(=O)N1CCc2cc(C(=O)N3CCCC3C(=O)NCC(F)(F)F)ccc21. The molecule has 1 N–H and O–H groups in total. The maximum Gasteiger partial charge on any atom is 0.405 e. The molecule has 2 heterocycles. The van der Waals surface area contributed by atoms with Crippen LogP contribution < -0.4 is 9.62 Å². The molecule has 1 fully saturated rings. The van der Waals surface area contributed by atoms with Gasteiger partial charge in [0.05, 0.1) is 11.9 Å². The van der Waals surface area contributed by atoms with Gasteiger partial charge in [-0.2, -0.15) is 13.2 Å². The smallest absolute Gasteiger partial charge is 0.345 e. The van der Waals surface area contributed by atoms with Crippen LogP contribution in [0.25, 0.3) is 0 Å². The van der Waals surface area contributed by atoms with Gasteiger partial charge in [0.1, 0.15) is 12.6 Å². The summed E-state index contributed by atoms with van der Waals surface area (Å²) in [6.07, 6.45) is -2.14. The molecule has 0 aromatic heterocycles. The molecule has 1 saturated heterocycles. The van der Waals surface area contributed by atoms with Crippen molar-refractivity contribution in [2.24, 2.45) is 0 Å². The molecule has 11 heteroatoms. The lowest BCUT2D eigenvalue weighted by Crippen LogP contribution is -2.48. The predicted molar refractivity (Wildman–Crippen MR) is 95.5 cm³/mol. The van der Waals surface area contributed by atoms with Crippen molar-refractivity contribution in [3.63, 3.8) is 0 Å². The number of amides is 2. The highest BCUT2D eigenvalue weighted by atomic mass is 32.2. The van der Waals surface area contributed by atoms with Gasteiger partial charge in [0.15, 0.2) is 0 Å². The maximum atomic E-state index is 12.8. The summed E-state index contributed by atoms with van der Waals surface area (Å²) in [5.74, 6) is -1.28. The Morgan fingerprint density at radius 3 is 2.61 bits per heavy atom. The molecule has 2 amide bonds. The number of hydrogen-bond donors (Lipinski definition) is 1. The van der Waals surface area contributed by atoms with Crippen LogP contribution in [0.2, 0.25) is 0 Å². The molecule has 2 aliphatic rings. The van der Waals surface area contributed by atoms with Gasteiger partial charge in [-0.3, -0.25) is 13.9 Å². The standard InChI is InChI=1S/C17H20F3N3O4S/c1-28(26,27)23-8-6-11-9-12(4-5-13(11)23)16(25)22-7-2-3-14(22)15(24)21-10-17(18,19)20/h4-5,9,14H,2-3,6-8,10H2,1H3,(H,21,24). The number of rotatable bonds is 4. The van der Waals surface area contributed by atoms with Crippen LogP contribution in [0.3, 0.4) is 0 Å². The largest absolute Gasteiger partial charge is 0.405 e. The first-order valence-electron chi connectivity index (χ1n) is 8.73. The van der Waals surface area contributed by atoms with Gasteiger partial charge < -0.3 is 10.2 Å². The number of fused-ring (bicyclic) bond motifs is 1. The first-order chi connectivity index (χ1) is 13.0. The van der Waals surface area contributed by atoms with Crippen molar-refractivity contribution >= 4 is 27.5 Å². The Hall–Kier alpha value is -2.30. The van der Waals surface area contributed by atoms with Crippen molar-refractivity contribution in [3.05, 3.63) is 29.3 Å². The van der Waals surface area contributed by atoms with Crippen molar-refractivity contribution in [2.75, 3.05) is 30.2 Å². The number of likely N-dealkylation sites (tertiary alicyclic amines) is 1. The fourth-order valence-electron chi connectivity index (χ4n) is 3.60. The molecule has 3 rings (SSSR count). The van der Waals surface area contributed by atoms with Crippen molar-refractivity contribution in [2.45, 2.75) is 31.5 Å². The van der Waals surface area contributed by atoms with Gasteiger partial charge in [0, 0.05) is 18.7 Å². The fraction of sp³-hybridized carbons (Fsp3) is 0.529. The third kappa shape index (κ3) is 4.23. The molecule has 154 valence electrons. The van der Waals surface area contributed by atoms with Gasteiger partial charge in [0.2, 0.25) is 15.9 Å². The Labute approximate surface area is 160 Å². The summed E-state index contributed by atoms with van der Waals surface area (Å²) in [7, 11) is -3.41. The van der Waals surface area contributed by atoms with Crippen LogP contribution in [-0.2, 0) is 21.2 Å². The van der Waals surface area contributed by atoms with Gasteiger partial charge in [-0.15, -0.1) is 0 Å². The summed E-state index contributed by atoms with van der Waals surface area (Å²) in [5, 5.41) is 1.83. The molecular weight excluding hydrogens is 399 g/mol. The Kier molecular flexibility index (Phi) is 5.30. The lowest BCUT2D eigenvalue weighted by Gasteiger charge is -2.24. The second kappa shape index (κ2) is 7.26. The normalized spacial score (nSPS) is 19.6. The van der Waals surface area contributed by atoms with Crippen molar-refractivity contribution < 1.29 is 31.2 Å². The van der Waals surface area contributed by atoms with E-state index in [1.165, 1.54) is 15.3 Å². The number of carbonyl (C=O) groups is 2. The highest BCUT2D eigenvalue weighted by Gasteiger charge is 2.37. The fourth-order valence-corrected chi connectivity index (χ4v) is 4.56. The summed E-state index contributed by atoms with van der Waals surface area (Å²) in [6, 6.07) is 3.67. The van der Waals surface area contributed by atoms with Gasteiger partial charge in [-0.25, -0.2) is 8.42 Å². The minimum atomic E-state index is -4.52. The molecule has 0 spiro atoms. The quantitative estimate of drug-likeness (QED) is 0.797. The van der Waals surface area contributed by atoms with Gasteiger partial charge in [0.25, 0.3) is 5.91 Å². The van der Waals surface area contributed by atoms with Crippen LogP contribution in [0, 0.1) is 0 Å². The van der Waals surface area contributed by atoms with Crippen molar-refractivity contribution in [3.8, 4) is 0 Å². The molecule has 0 bridgehead atoms. The van der Waals surface area contributed by atoms with E-state index in [1.54, 1.807) is 12.1 Å². The van der Waals surface area contributed by atoms with E-state index in [9.17, 15) is 31.2 Å². The van der Waals surface area contributed by atoms with Crippen LogP contribution in [-0.4, -0.2) is 63.2 Å². The summed E-state index contributed by atoms with van der Waals surface area (Å²) in [6.45, 7) is -0.877. The highest BCUT2D eigenvalue weighted by Crippen LogP contribution is 2.31. The van der Waals surface area contributed by atoms with Gasteiger partial charge in [-0.1, -0.05) is 0 Å². The second-order valence-electron chi connectivity index (χ2n) is 6.92. The Morgan fingerprint density at radius 2 is 1.96 bits per heavy atom. The molecule has 1 atom stereocenters. The Morgan fingerprint density at radius 1 is 1.25 bits per heavy atom. The first kappa shape index (κ1) is 20.4. The maximum absolute atomic E-state index is 12.8. The molecule has 2 aliphatic heterocycles. The van der Waals surface area contributed by atoms with Crippen LogP contribution in [0.5, 0.6) is 0 Å². The molecule has 1 aromatic rings. The van der Waals surface area contributed by atoms with E-state index in [2.05, 4.69) is 0 Å². The highest BCUT2D eigenvalue weighted by molar-refractivity contribution is 7.92. The van der Waals surface area contributed by atoms with Crippen LogP contribution in [0.1, 0.15) is 28.8 Å². The van der Waals surface area contributed by atoms with Crippen LogP contribution >= 0.6 is 0 Å². The average Bonchev–Trinajstić information content (AvgIpc) is 3.24. The van der Waals surface area contributed by atoms with E-state index in [1.807, 2.05) is 5.32 Å². The summed E-state index contributed by atoms with van der Waals surface area (Å²) in [5.41, 5.74) is 1.50. The Bertz CT molecular complexity index is 901. The summed E-state index contributed by atoms with van der Waals surface area (Å²) < 4.78 is 61.8. The van der Waals surface area contributed by atoms with Crippen LogP contribution in [0.15, 0.2) is 18.2 Å². The first-order valence-corrected chi connectivity index (χ1v) is 10.6. The monoisotopic (exact) mass is 419 g/mol. The van der Waals surface area contributed by atoms with Crippen molar-refractivity contribution in [1.82, 2.24) is 10.2 Å². The minimum Gasteiger partial charge on any atom is -0.345 e. The van der Waals surface area contributed by atoms with E-state index in [-0.39, 0.29) is 18.7 Å². The molecule has 1 aromatic carbocycles. The number of carbonyl (C=O) groups excluding carboxylic acids is 2. The number of alkyl halides is 3. The number of nitrogens with zero attached hydrogens (tertiary/aromatic N) is 2. The summed E-state index contributed by atoms with van der Waals surface area (Å²) in [4.78, 5) is 26.2. The molecule has 0 saturated carbocycles. The molecule has 0 radical (unpaired) electrons. The number of hydrogen-bond acceptors (Lipinski definition) is 4. The van der Waals surface area contributed by atoms with E-state index in [0.29, 0.717) is 30.5 Å². The number of sulfonamides is 1. The van der Waals surface area contributed by atoms with E-state index in [4.69, 9.17) is 0 Å². The van der Waals surface area contributed by atoms with Crippen molar-refractivity contribution in [1.29, 1.82) is 0 Å². The second-order valence-corrected chi connectivity index (χ2v) is 8.82. The third-order valence-electron chi connectivity index (χ3n) is 4.86. The average molecular weight is 419 g/mol. The molecule has 1 unspecified atom stereocenters. The minimum absolute atomic E-state index is 0.273. The van der Waals surface area contributed by atoms with Crippen LogP contribution in [0.4, 0.5) is 18.9 Å². The lowest BCUT2D eigenvalue weighted by molar-refractivity contribution is -0.140. The lowest BCUT2D eigenvalue weighted by atomic mass is 10.1. The number of halogens is 3.